The van der Waals surface area contributed by atoms with Crippen molar-refractivity contribution in [3.63, 3.8) is 0 Å². The third kappa shape index (κ3) is 6.19. The van der Waals surface area contributed by atoms with Crippen molar-refractivity contribution in [3.8, 4) is 11.5 Å². The summed E-state index contributed by atoms with van der Waals surface area (Å²) in [6.45, 7) is 3.05. The van der Waals surface area contributed by atoms with Crippen LogP contribution in [0.25, 0.3) is 0 Å². The van der Waals surface area contributed by atoms with Crippen LogP contribution in [0.2, 0.25) is 0 Å². The van der Waals surface area contributed by atoms with Gasteiger partial charge < -0.3 is 20.1 Å². The van der Waals surface area contributed by atoms with E-state index in [9.17, 15) is 22.8 Å². The fourth-order valence-corrected chi connectivity index (χ4v) is 2.30. The van der Waals surface area contributed by atoms with Crippen molar-refractivity contribution < 1.29 is 32.2 Å². The number of hydrogen-bond donors (Lipinski definition) is 2. The van der Waals surface area contributed by atoms with Crippen LogP contribution in [-0.2, 0) is 15.8 Å². The third-order valence-corrected chi connectivity index (χ3v) is 3.42. The molecule has 2 aromatic rings. The molecular formula is C19H19F3N2O4. The predicted molar refractivity (Wildman–Crippen MR) is 97.5 cm³/mol. The van der Waals surface area contributed by atoms with Crippen molar-refractivity contribution in [1.29, 1.82) is 0 Å². The highest BCUT2D eigenvalue weighted by atomic mass is 19.4. The van der Waals surface area contributed by atoms with E-state index >= 15 is 0 Å². The van der Waals surface area contributed by atoms with E-state index in [1.807, 2.05) is 6.92 Å². The maximum atomic E-state index is 13.3. The van der Waals surface area contributed by atoms with Crippen molar-refractivity contribution in [1.82, 2.24) is 0 Å². The second-order valence-electron chi connectivity index (χ2n) is 5.68. The van der Waals surface area contributed by atoms with E-state index < -0.39 is 35.8 Å². The molecule has 150 valence electrons. The Bertz CT molecular complexity index is 836. The molecule has 2 amide bonds. The number of hydrogen-bond acceptors (Lipinski definition) is 4. The van der Waals surface area contributed by atoms with E-state index in [4.69, 9.17) is 9.47 Å². The second-order valence-corrected chi connectivity index (χ2v) is 5.68. The van der Waals surface area contributed by atoms with Crippen LogP contribution in [0, 0.1) is 0 Å². The summed E-state index contributed by atoms with van der Waals surface area (Å²) in [6.07, 6.45) is -4.72. The average Bonchev–Trinajstić information content (AvgIpc) is 2.61. The first-order chi connectivity index (χ1) is 13.2. The number of amides is 2. The number of rotatable bonds is 7. The topological polar surface area (TPSA) is 76.7 Å². The van der Waals surface area contributed by atoms with E-state index in [1.165, 1.54) is 13.0 Å². The Balaban J connectivity index is 2.05. The summed E-state index contributed by atoms with van der Waals surface area (Å²) in [5, 5.41) is 4.45. The predicted octanol–water partition coefficient (Wildman–Crippen LogP) is 4.08. The number of anilines is 2. The van der Waals surface area contributed by atoms with Crippen molar-refractivity contribution in [3.05, 3.63) is 48.0 Å². The lowest BCUT2D eigenvalue weighted by Crippen LogP contribution is -2.22. The highest BCUT2D eigenvalue weighted by Gasteiger charge is 2.34. The molecule has 0 saturated heterocycles. The second kappa shape index (κ2) is 9.12. The number of carbonyl (C=O) groups is 2. The molecule has 0 aromatic heterocycles. The molecule has 6 nitrogen and oxygen atoms in total. The highest BCUT2D eigenvalue weighted by molar-refractivity contribution is 5.94. The Morgan fingerprint density at radius 1 is 0.964 bits per heavy atom. The minimum atomic E-state index is -4.72. The minimum Gasteiger partial charge on any atom is -0.494 e. The number of halogens is 3. The fourth-order valence-electron chi connectivity index (χ4n) is 2.30. The summed E-state index contributed by atoms with van der Waals surface area (Å²) in [7, 11) is 0. The van der Waals surface area contributed by atoms with Gasteiger partial charge in [0.05, 0.1) is 17.9 Å². The van der Waals surface area contributed by atoms with Crippen LogP contribution < -0.4 is 20.1 Å². The number of benzene rings is 2. The smallest absolute Gasteiger partial charge is 0.418 e. The van der Waals surface area contributed by atoms with Gasteiger partial charge in [0.15, 0.2) is 6.61 Å². The molecule has 0 aliphatic rings. The maximum Gasteiger partial charge on any atom is 0.418 e. The van der Waals surface area contributed by atoms with Crippen molar-refractivity contribution in [2.45, 2.75) is 20.0 Å². The van der Waals surface area contributed by atoms with E-state index in [0.29, 0.717) is 18.1 Å². The molecule has 0 aliphatic heterocycles. The molecule has 0 aliphatic carbocycles. The molecule has 0 radical (unpaired) electrons. The fraction of sp³-hybridized carbons (Fsp3) is 0.263. The normalized spacial score (nSPS) is 10.9. The molecule has 9 heteroatoms. The van der Waals surface area contributed by atoms with Gasteiger partial charge in [0.1, 0.15) is 11.5 Å². The number of alkyl halides is 3. The molecule has 0 bridgehead atoms. The largest absolute Gasteiger partial charge is 0.494 e. The van der Waals surface area contributed by atoms with Gasteiger partial charge in [-0.2, -0.15) is 13.2 Å². The number of ether oxygens (including phenoxy) is 2. The van der Waals surface area contributed by atoms with Gasteiger partial charge in [-0.25, -0.2) is 0 Å². The third-order valence-electron chi connectivity index (χ3n) is 3.42. The van der Waals surface area contributed by atoms with E-state index in [0.717, 1.165) is 12.1 Å². The summed E-state index contributed by atoms with van der Waals surface area (Å²) in [4.78, 5) is 23.0. The molecule has 2 aromatic carbocycles. The minimum absolute atomic E-state index is 0.0246. The number of carbonyl (C=O) groups excluding carboxylic acids is 2. The lowest BCUT2D eigenvalue weighted by atomic mass is 10.1. The first-order valence-electron chi connectivity index (χ1n) is 8.33. The Morgan fingerprint density at radius 2 is 1.57 bits per heavy atom. The van der Waals surface area contributed by atoms with Gasteiger partial charge >= 0.3 is 6.18 Å². The summed E-state index contributed by atoms with van der Waals surface area (Å²) < 4.78 is 50.3. The van der Waals surface area contributed by atoms with Gasteiger partial charge in [-0.3, -0.25) is 9.59 Å². The first kappa shape index (κ1) is 21.1. The monoisotopic (exact) mass is 396 g/mol. The summed E-state index contributed by atoms with van der Waals surface area (Å²) in [6, 6.07) is 9.56. The van der Waals surface area contributed by atoms with Crippen LogP contribution in [0.1, 0.15) is 19.4 Å². The van der Waals surface area contributed by atoms with Crippen molar-refractivity contribution in [2.24, 2.45) is 0 Å². The molecular weight excluding hydrogens is 377 g/mol. The lowest BCUT2D eigenvalue weighted by Gasteiger charge is -2.16. The summed E-state index contributed by atoms with van der Waals surface area (Å²) in [5.74, 6) is -0.260. The number of nitrogens with one attached hydrogen (secondary N) is 2. The van der Waals surface area contributed by atoms with Crippen LogP contribution in [0.3, 0.4) is 0 Å². The Kier molecular flexibility index (Phi) is 6.86. The maximum absolute atomic E-state index is 13.3. The molecule has 2 N–H and O–H groups in total. The van der Waals surface area contributed by atoms with Gasteiger partial charge in [-0.1, -0.05) is 0 Å². The van der Waals surface area contributed by atoms with Crippen molar-refractivity contribution in [2.75, 3.05) is 23.8 Å². The van der Waals surface area contributed by atoms with Gasteiger partial charge in [0.25, 0.3) is 5.91 Å². The summed E-state index contributed by atoms with van der Waals surface area (Å²) in [5.41, 5.74) is -1.53. The van der Waals surface area contributed by atoms with Crippen LogP contribution >= 0.6 is 0 Å². The Hall–Kier alpha value is -3.23. The zero-order valence-electron chi connectivity index (χ0n) is 15.2. The van der Waals surface area contributed by atoms with Gasteiger partial charge in [-0.15, -0.1) is 0 Å². The Labute approximate surface area is 159 Å². The van der Waals surface area contributed by atoms with E-state index in [1.54, 1.807) is 24.3 Å². The summed E-state index contributed by atoms with van der Waals surface area (Å²) >= 11 is 0. The molecule has 0 heterocycles. The molecule has 28 heavy (non-hydrogen) atoms. The van der Waals surface area contributed by atoms with Gasteiger partial charge in [-0.05, 0) is 49.4 Å². The standard InChI is InChI=1S/C19H19F3N2O4/c1-3-27-14-5-7-15(8-6-14)28-11-18(26)24-17-9-4-13(23-12(2)25)10-16(17)19(20,21)22/h4-10H,3,11H2,1-2H3,(H,23,25)(H,24,26). The van der Waals surface area contributed by atoms with Gasteiger partial charge in [0.2, 0.25) is 5.91 Å². The molecule has 0 unspecified atom stereocenters. The first-order valence-corrected chi connectivity index (χ1v) is 8.33. The van der Waals surface area contributed by atoms with E-state index in [2.05, 4.69) is 10.6 Å². The molecule has 2 rings (SSSR count). The van der Waals surface area contributed by atoms with Crippen LogP contribution in [0.15, 0.2) is 42.5 Å². The molecule has 0 saturated carbocycles. The van der Waals surface area contributed by atoms with Gasteiger partial charge in [0, 0.05) is 12.6 Å². The Morgan fingerprint density at radius 3 is 2.11 bits per heavy atom. The molecule has 0 fully saturated rings. The van der Waals surface area contributed by atoms with Crippen molar-refractivity contribution >= 4 is 23.2 Å². The van der Waals surface area contributed by atoms with E-state index in [-0.39, 0.29) is 5.69 Å². The van der Waals surface area contributed by atoms with Crippen LogP contribution in [0.5, 0.6) is 11.5 Å². The SMILES string of the molecule is CCOc1ccc(OCC(=O)Nc2ccc(NC(C)=O)cc2C(F)(F)F)cc1. The molecule has 0 spiro atoms. The zero-order valence-corrected chi connectivity index (χ0v) is 15.2. The average molecular weight is 396 g/mol. The van der Waals surface area contributed by atoms with Crippen LogP contribution in [-0.4, -0.2) is 25.0 Å². The quantitative estimate of drug-likeness (QED) is 0.739. The highest BCUT2D eigenvalue weighted by Crippen LogP contribution is 2.36. The lowest BCUT2D eigenvalue weighted by molar-refractivity contribution is -0.137. The molecule has 0 atom stereocenters. The van der Waals surface area contributed by atoms with Crippen LogP contribution in [0.4, 0.5) is 24.5 Å². The zero-order chi connectivity index (χ0) is 20.7.